The van der Waals surface area contributed by atoms with Gasteiger partial charge < -0.3 is 19.4 Å². The van der Waals surface area contributed by atoms with Crippen molar-refractivity contribution >= 4 is 17.0 Å². The Morgan fingerprint density at radius 1 is 1.19 bits per heavy atom. The third kappa shape index (κ3) is 4.13. The molecule has 0 radical (unpaired) electrons. The zero-order valence-electron chi connectivity index (χ0n) is 17.3. The SMILES string of the molecule is O=C(O)c1ccc2nc(CN3CCC(c4cccc(=O)[nH]4)CC3)n(C[C@@H]3CCO3)c2c1. The third-order valence-electron chi connectivity index (χ3n) is 6.44. The van der Waals surface area contributed by atoms with Crippen LogP contribution < -0.4 is 5.56 Å². The fourth-order valence-electron chi connectivity index (χ4n) is 4.57. The first-order valence-corrected chi connectivity index (χ1v) is 10.8. The zero-order chi connectivity index (χ0) is 21.4. The molecule has 2 fully saturated rings. The summed E-state index contributed by atoms with van der Waals surface area (Å²) in [4.78, 5) is 33.3. The molecule has 2 saturated heterocycles. The second kappa shape index (κ2) is 8.28. The number of carboxylic acid groups (broad SMARTS) is 1. The number of aromatic carboxylic acids is 1. The number of nitrogens with zero attached hydrogens (tertiary/aromatic N) is 3. The van der Waals surface area contributed by atoms with Crippen molar-refractivity contribution in [3.8, 4) is 0 Å². The van der Waals surface area contributed by atoms with Crippen molar-refractivity contribution in [2.45, 2.75) is 44.4 Å². The molecular formula is C23H26N4O4. The molecule has 2 aromatic heterocycles. The van der Waals surface area contributed by atoms with Crippen molar-refractivity contribution in [1.29, 1.82) is 0 Å². The topological polar surface area (TPSA) is 100 Å². The van der Waals surface area contributed by atoms with Crippen LogP contribution >= 0.6 is 0 Å². The molecule has 1 atom stereocenters. The average Bonchev–Trinajstić information content (AvgIpc) is 3.07. The molecule has 0 saturated carbocycles. The van der Waals surface area contributed by atoms with E-state index in [4.69, 9.17) is 9.72 Å². The van der Waals surface area contributed by atoms with E-state index in [9.17, 15) is 14.7 Å². The third-order valence-corrected chi connectivity index (χ3v) is 6.44. The predicted octanol–water partition coefficient (Wildman–Crippen LogP) is 2.59. The maximum Gasteiger partial charge on any atom is 0.335 e. The number of ether oxygens (including phenoxy) is 1. The van der Waals surface area contributed by atoms with Crippen LogP contribution in [0.2, 0.25) is 0 Å². The number of aromatic amines is 1. The Morgan fingerprint density at radius 3 is 2.68 bits per heavy atom. The summed E-state index contributed by atoms with van der Waals surface area (Å²) in [6.07, 6.45) is 3.13. The highest BCUT2D eigenvalue weighted by Crippen LogP contribution is 2.28. The molecule has 0 spiro atoms. The average molecular weight is 422 g/mol. The molecule has 2 N–H and O–H groups in total. The molecule has 5 rings (SSSR count). The molecule has 0 amide bonds. The number of carbonyl (C=O) groups is 1. The van der Waals surface area contributed by atoms with E-state index in [1.54, 1.807) is 24.3 Å². The summed E-state index contributed by atoms with van der Waals surface area (Å²) < 4.78 is 7.77. The number of hydrogen-bond donors (Lipinski definition) is 2. The summed E-state index contributed by atoms with van der Waals surface area (Å²) in [5.74, 6) is 0.377. The number of rotatable bonds is 6. The Morgan fingerprint density at radius 2 is 2.00 bits per heavy atom. The van der Waals surface area contributed by atoms with E-state index < -0.39 is 5.97 Å². The van der Waals surface area contributed by atoms with Gasteiger partial charge in [0.15, 0.2) is 0 Å². The molecule has 2 aliphatic heterocycles. The maximum absolute atomic E-state index is 11.6. The van der Waals surface area contributed by atoms with E-state index in [0.717, 1.165) is 61.5 Å². The highest BCUT2D eigenvalue weighted by molar-refractivity contribution is 5.92. The number of benzene rings is 1. The molecule has 3 aromatic rings. The monoisotopic (exact) mass is 422 g/mol. The number of piperidine rings is 1. The number of H-pyrrole nitrogens is 1. The molecule has 0 bridgehead atoms. The van der Waals surface area contributed by atoms with Crippen LogP contribution in [-0.2, 0) is 17.8 Å². The molecule has 2 aliphatic rings. The maximum atomic E-state index is 11.6. The predicted molar refractivity (Wildman–Crippen MR) is 115 cm³/mol. The summed E-state index contributed by atoms with van der Waals surface area (Å²) in [6.45, 7) is 4.02. The summed E-state index contributed by atoms with van der Waals surface area (Å²) in [5.41, 5.74) is 2.90. The van der Waals surface area contributed by atoms with Gasteiger partial charge in [-0.2, -0.15) is 0 Å². The minimum absolute atomic E-state index is 0.0485. The van der Waals surface area contributed by atoms with Gasteiger partial charge >= 0.3 is 5.97 Å². The summed E-state index contributed by atoms with van der Waals surface area (Å²) >= 11 is 0. The standard InChI is InChI=1S/C23H26N4O4/c28-22-3-1-2-18(25-22)15-6-9-26(10-7-15)14-21-24-19-5-4-16(23(29)30)12-20(19)27(21)13-17-8-11-31-17/h1-5,12,15,17H,6-11,13-14H2,(H,25,28)(H,29,30)/t17-/m0/s1. The van der Waals surface area contributed by atoms with Gasteiger partial charge in [0.25, 0.3) is 0 Å². The molecule has 8 heteroatoms. The first-order chi connectivity index (χ1) is 15.1. The Bertz CT molecular complexity index is 1160. The Kier molecular flexibility index (Phi) is 5.33. The van der Waals surface area contributed by atoms with E-state index >= 15 is 0 Å². The number of hydrogen-bond acceptors (Lipinski definition) is 5. The van der Waals surface area contributed by atoms with Crippen LogP contribution in [0.3, 0.4) is 0 Å². The highest BCUT2D eigenvalue weighted by Gasteiger charge is 2.25. The van der Waals surface area contributed by atoms with Crippen LogP contribution in [0.5, 0.6) is 0 Å². The second-order valence-corrected chi connectivity index (χ2v) is 8.45. The van der Waals surface area contributed by atoms with Gasteiger partial charge in [0, 0.05) is 24.3 Å². The largest absolute Gasteiger partial charge is 0.478 e. The number of carboxylic acids is 1. The highest BCUT2D eigenvalue weighted by atomic mass is 16.5. The van der Waals surface area contributed by atoms with Crippen molar-refractivity contribution in [3.05, 3.63) is 63.8 Å². The van der Waals surface area contributed by atoms with Gasteiger partial charge in [0.2, 0.25) is 5.56 Å². The lowest BCUT2D eigenvalue weighted by atomic mass is 9.93. The minimum atomic E-state index is -0.933. The van der Waals surface area contributed by atoms with Crippen LogP contribution in [0.1, 0.15) is 47.1 Å². The zero-order valence-corrected chi connectivity index (χ0v) is 17.3. The smallest absolute Gasteiger partial charge is 0.335 e. The fraction of sp³-hybridized carbons (Fsp3) is 0.435. The molecule has 0 aliphatic carbocycles. The summed E-state index contributed by atoms with van der Waals surface area (Å²) in [7, 11) is 0. The lowest BCUT2D eigenvalue weighted by Crippen LogP contribution is -2.35. The van der Waals surface area contributed by atoms with Crippen molar-refractivity contribution in [1.82, 2.24) is 19.4 Å². The van der Waals surface area contributed by atoms with Gasteiger partial charge in [0.05, 0.1) is 35.8 Å². The lowest BCUT2D eigenvalue weighted by molar-refractivity contribution is -0.0592. The van der Waals surface area contributed by atoms with Crippen LogP contribution in [-0.4, -0.2) is 56.3 Å². The first-order valence-electron chi connectivity index (χ1n) is 10.8. The van der Waals surface area contributed by atoms with Crippen LogP contribution in [0, 0.1) is 0 Å². The molecular weight excluding hydrogens is 396 g/mol. The normalized spacial score (nSPS) is 20.1. The number of likely N-dealkylation sites (tertiary alicyclic amines) is 1. The van der Waals surface area contributed by atoms with Crippen molar-refractivity contribution in [2.24, 2.45) is 0 Å². The van der Waals surface area contributed by atoms with Crippen LogP contribution in [0.25, 0.3) is 11.0 Å². The van der Waals surface area contributed by atoms with Crippen molar-refractivity contribution in [3.63, 3.8) is 0 Å². The lowest BCUT2D eigenvalue weighted by Gasteiger charge is -2.32. The molecule has 31 heavy (non-hydrogen) atoms. The number of fused-ring (bicyclic) bond motifs is 1. The Labute approximate surface area is 179 Å². The number of imidazole rings is 1. The van der Waals surface area contributed by atoms with Crippen LogP contribution in [0.15, 0.2) is 41.2 Å². The van der Waals surface area contributed by atoms with Gasteiger partial charge in [-0.3, -0.25) is 9.69 Å². The van der Waals surface area contributed by atoms with E-state index in [1.807, 2.05) is 12.1 Å². The second-order valence-electron chi connectivity index (χ2n) is 8.45. The Hall–Kier alpha value is -2.97. The summed E-state index contributed by atoms with van der Waals surface area (Å²) in [6, 6.07) is 10.5. The molecule has 0 unspecified atom stereocenters. The number of nitrogens with one attached hydrogen (secondary N) is 1. The minimum Gasteiger partial charge on any atom is -0.478 e. The van der Waals surface area contributed by atoms with E-state index in [-0.39, 0.29) is 17.2 Å². The van der Waals surface area contributed by atoms with Crippen LogP contribution in [0.4, 0.5) is 0 Å². The first kappa shape index (κ1) is 20.0. The van der Waals surface area contributed by atoms with Gasteiger partial charge in [0.1, 0.15) is 5.82 Å². The quantitative estimate of drug-likeness (QED) is 0.633. The summed E-state index contributed by atoms with van der Waals surface area (Å²) in [5, 5.41) is 9.39. The van der Waals surface area contributed by atoms with Gasteiger partial charge in [-0.25, -0.2) is 9.78 Å². The van der Waals surface area contributed by atoms with Crippen molar-refractivity contribution in [2.75, 3.05) is 19.7 Å². The fourth-order valence-corrected chi connectivity index (χ4v) is 4.57. The van der Waals surface area contributed by atoms with E-state index in [2.05, 4.69) is 14.5 Å². The van der Waals surface area contributed by atoms with Crippen molar-refractivity contribution < 1.29 is 14.6 Å². The van der Waals surface area contributed by atoms with E-state index in [0.29, 0.717) is 19.0 Å². The number of aromatic nitrogens is 3. The van der Waals surface area contributed by atoms with Gasteiger partial charge in [-0.15, -0.1) is 0 Å². The van der Waals surface area contributed by atoms with Gasteiger partial charge in [-0.05, 0) is 56.6 Å². The molecule has 162 valence electrons. The Balaban J connectivity index is 1.35. The van der Waals surface area contributed by atoms with Gasteiger partial charge in [-0.1, -0.05) is 6.07 Å². The molecule has 4 heterocycles. The molecule has 8 nitrogen and oxygen atoms in total. The van der Waals surface area contributed by atoms with E-state index in [1.165, 1.54) is 0 Å². The number of pyridine rings is 1. The molecule has 1 aromatic carbocycles.